The number of rotatable bonds is 4. The summed E-state index contributed by atoms with van der Waals surface area (Å²) in [4.78, 5) is 5.71. The minimum absolute atomic E-state index is 0.181. The normalized spacial score (nSPS) is 33.2. The average molecular weight is 252 g/mol. The fourth-order valence-corrected chi connectivity index (χ4v) is 4.01. The molecule has 2 aliphatic rings. The molecule has 1 aliphatic heterocycles. The molecule has 94 valence electrons. The second-order valence-corrected chi connectivity index (χ2v) is 6.79. The zero-order chi connectivity index (χ0) is 11.9. The van der Waals surface area contributed by atoms with Crippen LogP contribution in [-0.2, 0) is 11.2 Å². The maximum absolute atomic E-state index is 6.08. The van der Waals surface area contributed by atoms with E-state index in [0.717, 1.165) is 36.9 Å². The van der Waals surface area contributed by atoms with Crippen molar-refractivity contribution in [1.29, 1.82) is 0 Å². The van der Waals surface area contributed by atoms with Crippen molar-refractivity contribution < 1.29 is 4.74 Å². The molecule has 17 heavy (non-hydrogen) atoms. The maximum atomic E-state index is 6.08. The van der Waals surface area contributed by atoms with E-state index in [9.17, 15) is 0 Å². The van der Waals surface area contributed by atoms with Crippen molar-refractivity contribution >= 4 is 11.3 Å². The number of hydrogen-bond acceptors (Lipinski definition) is 4. The number of thiazole rings is 1. The van der Waals surface area contributed by atoms with Crippen LogP contribution >= 0.6 is 11.3 Å². The summed E-state index contributed by atoms with van der Waals surface area (Å²) in [6.07, 6.45) is 7.23. The van der Waals surface area contributed by atoms with Gasteiger partial charge in [0.15, 0.2) is 0 Å². The first-order chi connectivity index (χ1) is 8.23. The molecule has 0 bridgehead atoms. The van der Waals surface area contributed by atoms with Gasteiger partial charge < -0.3 is 10.5 Å². The van der Waals surface area contributed by atoms with Crippen molar-refractivity contribution in [3.63, 3.8) is 0 Å². The highest BCUT2D eigenvalue weighted by Crippen LogP contribution is 2.49. The molecule has 3 nitrogen and oxygen atoms in total. The molecule has 0 spiro atoms. The van der Waals surface area contributed by atoms with Gasteiger partial charge >= 0.3 is 0 Å². The van der Waals surface area contributed by atoms with E-state index < -0.39 is 0 Å². The number of aromatic nitrogens is 1. The van der Waals surface area contributed by atoms with Crippen LogP contribution in [0.1, 0.15) is 29.1 Å². The van der Waals surface area contributed by atoms with Crippen LogP contribution in [0.3, 0.4) is 0 Å². The molecule has 0 radical (unpaired) electrons. The summed E-state index contributed by atoms with van der Waals surface area (Å²) in [6, 6.07) is 0. The van der Waals surface area contributed by atoms with Gasteiger partial charge in [-0.25, -0.2) is 4.98 Å². The molecule has 2 heterocycles. The number of nitrogens with zero attached hydrogens (tertiary/aromatic N) is 1. The molecule has 3 rings (SSSR count). The maximum Gasteiger partial charge on any atom is 0.0896 e. The van der Waals surface area contributed by atoms with Gasteiger partial charge in [-0.1, -0.05) is 0 Å². The quantitative estimate of drug-likeness (QED) is 0.893. The predicted octanol–water partition coefficient (Wildman–Crippen LogP) is 2.14. The van der Waals surface area contributed by atoms with Crippen molar-refractivity contribution in [3.8, 4) is 0 Å². The summed E-state index contributed by atoms with van der Waals surface area (Å²) in [5, 5.41) is 1.15. The average Bonchev–Trinajstić information content (AvgIpc) is 2.96. The molecule has 0 amide bonds. The van der Waals surface area contributed by atoms with Gasteiger partial charge in [0.05, 0.1) is 11.1 Å². The van der Waals surface area contributed by atoms with Crippen molar-refractivity contribution in [1.82, 2.24) is 4.98 Å². The van der Waals surface area contributed by atoms with Crippen LogP contribution in [0, 0.1) is 18.3 Å². The van der Waals surface area contributed by atoms with Crippen molar-refractivity contribution in [2.45, 2.75) is 38.7 Å². The summed E-state index contributed by atoms with van der Waals surface area (Å²) in [5.41, 5.74) is 6.26. The Hall–Kier alpha value is -0.450. The first-order valence-electron chi connectivity index (χ1n) is 6.46. The van der Waals surface area contributed by atoms with Crippen LogP contribution in [0.5, 0.6) is 0 Å². The Morgan fingerprint density at radius 3 is 3.00 bits per heavy atom. The number of nitrogens with two attached hydrogens (primary N) is 1. The molecule has 1 aromatic heterocycles. The molecular weight excluding hydrogens is 232 g/mol. The Labute approximate surface area is 106 Å². The first-order valence-corrected chi connectivity index (χ1v) is 7.28. The highest BCUT2D eigenvalue weighted by Gasteiger charge is 2.50. The standard InChI is InChI=1S/C13H20N2OS/c1-9-15-7-11(17-9)6-13(8-14)4-5-16-12(13)10-2-3-10/h7,10,12H,2-6,8,14H2,1H3. The predicted molar refractivity (Wildman–Crippen MR) is 69.1 cm³/mol. The summed E-state index contributed by atoms with van der Waals surface area (Å²) in [6.45, 7) is 3.69. The first kappa shape index (κ1) is 11.6. The van der Waals surface area contributed by atoms with E-state index in [-0.39, 0.29) is 5.41 Å². The van der Waals surface area contributed by atoms with E-state index in [2.05, 4.69) is 11.9 Å². The summed E-state index contributed by atoms with van der Waals surface area (Å²) >= 11 is 1.80. The molecule has 1 aliphatic carbocycles. The monoisotopic (exact) mass is 252 g/mol. The van der Waals surface area contributed by atoms with Gasteiger partial charge in [-0.3, -0.25) is 0 Å². The summed E-state index contributed by atoms with van der Waals surface area (Å²) in [5.74, 6) is 0.773. The van der Waals surface area contributed by atoms with Gasteiger partial charge in [-0.15, -0.1) is 11.3 Å². The van der Waals surface area contributed by atoms with Gasteiger partial charge in [0.1, 0.15) is 0 Å². The van der Waals surface area contributed by atoms with Crippen LogP contribution in [0.25, 0.3) is 0 Å². The third kappa shape index (κ3) is 2.14. The lowest BCUT2D eigenvalue weighted by molar-refractivity contribution is 0.0348. The fourth-order valence-electron chi connectivity index (χ4n) is 3.06. The molecule has 2 fully saturated rings. The number of aryl methyl sites for hydroxylation is 1. The topological polar surface area (TPSA) is 48.1 Å². The minimum Gasteiger partial charge on any atom is -0.377 e. The van der Waals surface area contributed by atoms with E-state index in [1.54, 1.807) is 11.3 Å². The molecule has 1 aromatic rings. The highest BCUT2D eigenvalue weighted by atomic mass is 32.1. The van der Waals surface area contributed by atoms with E-state index in [4.69, 9.17) is 10.5 Å². The Balaban J connectivity index is 1.80. The van der Waals surface area contributed by atoms with Crippen molar-refractivity contribution in [2.75, 3.05) is 13.2 Å². The van der Waals surface area contributed by atoms with Crippen LogP contribution in [0.2, 0.25) is 0 Å². The lowest BCUT2D eigenvalue weighted by atomic mass is 9.76. The zero-order valence-electron chi connectivity index (χ0n) is 10.3. The Bertz CT molecular complexity index is 402. The van der Waals surface area contributed by atoms with E-state index in [1.165, 1.54) is 17.7 Å². The second kappa shape index (κ2) is 4.34. The van der Waals surface area contributed by atoms with Gasteiger partial charge in [-0.2, -0.15) is 0 Å². The SMILES string of the molecule is Cc1ncc(CC2(CN)CCOC2C2CC2)s1. The minimum atomic E-state index is 0.181. The van der Waals surface area contributed by atoms with Gasteiger partial charge in [0, 0.05) is 29.6 Å². The largest absolute Gasteiger partial charge is 0.377 e. The van der Waals surface area contributed by atoms with Gasteiger partial charge in [-0.05, 0) is 38.5 Å². The Morgan fingerprint density at radius 2 is 2.41 bits per heavy atom. The van der Waals surface area contributed by atoms with E-state index >= 15 is 0 Å². The van der Waals surface area contributed by atoms with E-state index in [0.29, 0.717) is 6.10 Å². The lowest BCUT2D eigenvalue weighted by Crippen LogP contribution is -2.41. The summed E-state index contributed by atoms with van der Waals surface area (Å²) < 4.78 is 5.97. The molecule has 1 saturated carbocycles. The zero-order valence-corrected chi connectivity index (χ0v) is 11.1. The third-order valence-electron chi connectivity index (χ3n) is 4.15. The fraction of sp³-hybridized carbons (Fsp3) is 0.769. The number of hydrogen-bond donors (Lipinski definition) is 1. The smallest absolute Gasteiger partial charge is 0.0896 e. The molecule has 4 heteroatoms. The van der Waals surface area contributed by atoms with Crippen LogP contribution < -0.4 is 5.73 Å². The van der Waals surface area contributed by atoms with Crippen molar-refractivity contribution in [3.05, 3.63) is 16.1 Å². The van der Waals surface area contributed by atoms with Crippen LogP contribution in [0.4, 0.5) is 0 Å². The molecule has 2 atom stereocenters. The van der Waals surface area contributed by atoms with Gasteiger partial charge in [0.2, 0.25) is 0 Å². The molecule has 2 unspecified atom stereocenters. The number of ether oxygens (including phenoxy) is 1. The van der Waals surface area contributed by atoms with Crippen LogP contribution in [0.15, 0.2) is 6.20 Å². The molecule has 2 N–H and O–H groups in total. The second-order valence-electron chi connectivity index (χ2n) is 5.47. The van der Waals surface area contributed by atoms with Crippen molar-refractivity contribution in [2.24, 2.45) is 17.1 Å². The molecule has 0 aromatic carbocycles. The van der Waals surface area contributed by atoms with Gasteiger partial charge in [0.25, 0.3) is 0 Å². The molecular formula is C13H20N2OS. The third-order valence-corrected chi connectivity index (χ3v) is 5.07. The van der Waals surface area contributed by atoms with E-state index in [1.807, 2.05) is 6.20 Å². The molecule has 1 saturated heterocycles. The Kier molecular flexibility index (Phi) is 2.97. The lowest BCUT2D eigenvalue weighted by Gasteiger charge is -2.32. The van der Waals surface area contributed by atoms with Crippen LogP contribution in [-0.4, -0.2) is 24.2 Å². The highest BCUT2D eigenvalue weighted by molar-refractivity contribution is 7.11. The Morgan fingerprint density at radius 1 is 1.59 bits per heavy atom. The summed E-state index contributed by atoms with van der Waals surface area (Å²) in [7, 11) is 0.